The van der Waals surface area contributed by atoms with Crippen LogP contribution in [-0.4, -0.2) is 42.4 Å². The molecule has 0 radical (unpaired) electrons. The minimum Gasteiger partial charge on any atom is -1.00 e. The van der Waals surface area contributed by atoms with E-state index < -0.39 is 0 Å². The predicted octanol–water partition coefficient (Wildman–Crippen LogP) is -4.81. The molecular formula is C18H23I2N4O2-. The van der Waals surface area contributed by atoms with Gasteiger partial charge in [-0.25, -0.2) is 4.57 Å². The van der Waals surface area contributed by atoms with Crippen LogP contribution in [0.15, 0.2) is 53.8 Å². The van der Waals surface area contributed by atoms with Crippen LogP contribution in [0, 0.1) is 0 Å². The molecule has 0 aliphatic heterocycles. The molecule has 0 bridgehead atoms. The first-order valence-electron chi connectivity index (χ1n) is 7.78. The molecule has 0 saturated carbocycles. The largest absolute Gasteiger partial charge is 1.00 e. The van der Waals surface area contributed by atoms with Gasteiger partial charge in [-0.1, -0.05) is 35.5 Å². The Morgan fingerprint density at radius 2 is 1.96 bits per heavy atom. The molecule has 0 saturated heterocycles. The van der Waals surface area contributed by atoms with E-state index in [2.05, 4.69) is 27.5 Å². The number of halogens is 2. The van der Waals surface area contributed by atoms with Crippen LogP contribution in [0.25, 0.3) is 0 Å². The number of pyridine rings is 1. The lowest BCUT2D eigenvalue weighted by molar-refractivity contribution is -0.672. The quantitative estimate of drug-likeness (QED) is 0.114. The van der Waals surface area contributed by atoms with E-state index >= 15 is 0 Å². The fourth-order valence-corrected chi connectivity index (χ4v) is 2.35. The van der Waals surface area contributed by atoms with Crippen molar-refractivity contribution in [2.24, 2.45) is 12.2 Å². The highest BCUT2D eigenvalue weighted by Gasteiger charge is 2.11. The highest BCUT2D eigenvalue weighted by Crippen LogP contribution is 2.02. The molecule has 2 N–H and O–H groups in total. The third-order valence-electron chi connectivity index (χ3n) is 3.71. The van der Waals surface area contributed by atoms with Crippen molar-refractivity contribution in [2.45, 2.75) is 6.54 Å². The number of aromatic nitrogens is 1. The van der Waals surface area contributed by atoms with Crippen molar-refractivity contribution in [1.29, 1.82) is 0 Å². The van der Waals surface area contributed by atoms with Crippen molar-refractivity contribution in [1.82, 2.24) is 10.2 Å². The number of nitrogens with one attached hydrogen (secondary N) is 1. The lowest BCUT2D eigenvalue weighted by Gasteiger charge is -2.17. The van der Waals surface area contributed by atoms with E-state index in [9.17, 15) is 4.79 Å². The van der Waals surface area contributed by atoms with Gasteiger partial charge >= 0.3 is 0 Å². The highest BCUT2D eigenvalue weighted by molar-refractivity contribution is 5.95. The smallest absolute Gasteiger partial charge is 0.251 e. The summed E-state index contributed by atoms with van der Waals surface area (Å²) in [6.45, 7) is 2.16. The third-order valence-corrected chi connectivity index (χ3v) is 3.71. The molecule has 1 heterocycles. The summed E-state index contributed by atoms with van der Waals surface area (Å²) in [5.74, 6) is -0.142. The van der Waals surface area contributed by atoms with E-state index in [4.69, 9.17) is 5.21 Å². The molecule has 0 atom stereocenters. The summed E-state index contributed by atoms with van der Waals surface area (Å²) in [4.78, 5) is 14.4. The lowest BCUT2D eigenvalue weighted by Crippen LogP contribution is -3.00. The van der Waals surface area contributed by atoms with E-state index in [-0.39, 0.29) is 53.9 Å². The Labute approximate surface area is 188 Å². The molecule has 2 rings (SSSR count). The van der Waals surface area contributed by atoms with E-state index in [0.717, 1.165) is 13.1 Å². The molecule has 0 spiro atoms. The van der Waals surface area contributed by atoms with Crippen molar-refractivity contribution in [3.8, 4) is 0 Å². The number of hydrogen-bond acceptors (Lipinski definition) is 4. The number of amides is 1. The number of oxime groups is 1. The summed E-state index contributed by atoms with van der Waals surface area (Å²) in [5, 5.41) is 14.6. The van der Waals surface area contributed by atoms with Crippen LogP contribution in [-0.2, 0) is 13.6 Å². The minimum atomic E-state index is -0.142. The third kappa shape index (κ3) is 7.96. The van der Waals surface area contributed by atoms with Crippen LogP contribution < -0.4 is 57.8 Å². The molecule has 0 fully saturated rings. The minimum absolute atomic E-state index is 0. The maximum Gasteiger partial charge on any atom is 0.251 e. The van der Waals surface area contributed by atoms with E-state index in [1.54, 1.807) is 22.9 Å². The SMILES string of the molecule is CN(CCNC(=O)c1cc[n+](C)c(/C=N/O)c1)Cc1ccccc1.[I-].[I-]. The molecule has 2 aromatic rings. The first-order chi connectivity index (χ1) is 11.6. The Hall–Kier alpha value is -1.27. The fraction of sp³-hybridized carbons (Fsp3) is 0.278. The second-order valence-corrected chi connectivity index (χ2v) is 5.68. The second kappa shape index (κ2) is 13.0. The summed E-state index contributed by atoms with van der Waals surface area (Å²) >= 11 is 0. The Morgan fingerprint density at radius 3 is 2.62 bits per heavy atom. The van der Waals surface area contributed by atoms with Crippen molar-refractivity contribution in [3.05, 3.63) is 65.5 Å². The molecule has 1 amide bonds. The second-order valence-electron chi connectivity index (χ2n) is 5.68. The standard InChI is InChI=1S/C18H22N4O2.2HI/c1-21(14-15-6-4-3-5-7-15)11-9-19-18(23)16-8-10-22(2)17(12-16)13-20-24;;/h3-8,10,12-13H,9,11,14H2,1-2H3,(H,19,23);2*1H/p-1. The fourth-order valence-electron chi connectivity index (χ4n) is 2.35. The van der Waals surface area contributed by atoms with Gasteiger partial charge in [0.05, 0.1) is 5.56 Å². The number of carbonyl (C=O) groups is 1. The van der Waals surface area contributed by atoms with Crippen LogP contribution in [0.4, 0.5) is 0 Å². The zero-order valence-electron chi connectivity index (χ0n) is 14.8. The molecule has 142 valence electrons. The van der Waals surface area contributed by atoms with E-state index in [1.807, 2.05) is 32.3 Å². The number of likely N-dealkylation sites (N-methyl/N-ethyl adjacent to an activating group) is 1. The number of aryl methyl sites for hydroxylation is 1. The molecule has 6 nitrogen and oxygen atoms in total. The summed E-state index contributed by atoms with van der Waals surface area (Å²) < 4.78 is 1.77. The number of benzene rings is 1. The summed E-state index contributed by atoms with van der Waals surface area (Å²) in [5.41, 5.74) is 2.43. The average molecular weight is 581 g/mol. The normalized spacial score (nSPS) is 10.3. The average Bonchev–Trinajstić information content (AvgIpc) is 2.58. The summed E-state index contributed by atoms with van der Waals surface area (Å²) in [6, 6.07) is 13.6. The molecule has 0 unspecified atom stereocenters. The van der Waals surface area contributed by atoms with Gasteiger partial charge in [-0.3, -0.25) is 4.79 Å². The first-order valence-corrected chi connectivity index (χ1v) is 7.78. The Morgan fingerprint density at radius 1 is 1.27 bits per heavy atom. The van der Waals surface area contributed by atoms with Gasteiger partial charge < -0.3 is 63.4 Å². The summed E-state index contributed by atoms with van der Waals surface area (Å²) in [7, 11) is 3.84. The van der Waals surface area contributed by atoms with Crippen molar-refractivity contribution in [2.75, 3.05) is 20.1 Å². The first kappa shape index (κ1) is 24.7. The topological polar surface area (TPSA) is 68.8 Å². The van der Waals surface area contributed by atoms with Gasteiger partial charge in [0.1, 0.15) is 13.3 Å². The van der Waals surface area contributed by atoms with Gasteiger partial charge in [-0.2, -0.15) is 0 Å². The van der Waals surface area contributed by atoms with Crippen molar-refractivity contribution >= 4 is 12.1 Å². The number of carbonyl (C=O) groups excluding carboxylic acids is 1. The highest BCUT2D eigenvalue weighted by atomic mass is 127. The van der Waals surface area contributed by atoms with Crippen LogP contribution in [0.3, 0.4) is 0 Å². The van der Waals surface area contributed by atoms with Gasteiger partial charge in [0.15, 0.2) is 6.20 Å². The molecule has 8 heteroatoms. The maximum atomic E-state index is 12.2. The molecule has 0 aliphatic carbocycles. The lowest BCUT2D eigenvalue weighted by atomic mass is 10.2. The van der Waals surface area contributed by atoms with Gasteiger partial charge in [0.25, 0.3) is 5.91 Å². The van der Waals surface area contributed by atoms with E-state index in [1.165, 1.54) is 11.8 Å². The molecule has 0 aliphatic rings. The Kier molecular flexibility index (Phi) is 12.3. The van der Waals surface area contributed by atoms with Crippen LogP contribution in [0.2, 0.25) is 0 Å². The Balaban J connectivity index is 0.00000312. The number of hydrogen-bond donors (Lipinski definition) is 2. The number of nitrogens with zero attached hydrogens (tertiary/aromatic N) is 3. The Bertz CT molecular complexity index is 712. The molecule has 1 aromatic carbocycles. The van der Waals surface area contributed by atoms with Gasteiger partial charge in [-0.05, 0) is 12.6 Å². The van der Waals surface area contributed by atoms with Crippen LogP contribution in [0.1, 0.15) is 21.6 Å². The predicted molar refractivity (Wildman–Crippen MR) is 92.1 cm³/mol. The van der Waals surface area contributed by atoms with Gasteiger partial charge in [0.2, 0.25) is 5.69 Å². The van der Waals surface area contributed by atoms with Crippen LogP contribution in [0.5, 0.6) is 0 Å². The van der Waals surface area contributed by atoms with Gasteiger partial charge in [-0.15, -0.1) is 0 Å². The van der Waals surface area contributed by atoms with E-state index in [0.29, 0.717) is 17.8 Å². The molecular weight excluding hydrogens is 558 g/mol. The maximum absolute atomic E-state index is 12.2. The van der Waals surface area contributed by atoms with Crippen LogP contribution >= 0.6 is 0 Å². The molecule has 26 heavy (non-hydrogen) atoms. The van der Waals surface area contributed by atoms with Gasteiger partial charge in [0, 0.05) is 31.8 Å². The zero-order valence-corrected chi connectivity index (χ0v) is 19.1. The monoisotopic (exact) mass is 581 g/mol. The van der Waals surface area contributed by atoms with Crippen molar-refractivity contribution in [3.63, 3.8) is 0 Å². The molecule has 1 aromatic heterocycles. The summed E-state index contributed by atoms with van der Waals surface area (Å²) in [6.07, 6.45) is 3.05. The number of rotatable bonds is 7. The van der Waals surface area contributed by atoms with Crippen molar-refractivity contribution < 1.29 is 62.5 Å². The zero-order chi connectivity index (χ0) is 17.4.